The summed E-state index contributed by atoms with van der Waals surface area (Å²) >= 11 is 3.10. The first-order chi connectivity index (χ1) is 9.90. The van der Waals surface area contributed by atoms with Crippen LogP contribution in [0.3, 0.4) is 0 Å². The smallest absolute Gasteiger partial charge is 0.255 e. The highest BCUT2D eigenvalue weighted by Gasteiger charge is 2.12. The summed E-state index contributed by atoms with van der Waals surface area (Å²) in [4.78, 5) is 16.3. The second kappa shape index (κ2) is 6.19. The number of hydrogen-bond donors (Lipinski definition) is 3. The third kappa shape index (κ3) is 3.56. The number of anilines is 2. The van der Waals surface area contributed by atoms with Crippen molar-refractivity contribution in [1.29, 1.82) is 0 Å². The summed E-state index contributed by atoms with van der Waals surface area (Å²) in [5.74, 6) is 4.89. The Morgan fingerprint density at radius 1 is 1.29 bits per heavy atom. The van der Waals surface area contributed by atoms with Gasteiger partial charge in [-0.15, -0.1) is 0 Å². The normalized spacial score (nSPS) is 10.3. The fraction of sp³-hybridized carbons (Fsp3) is 0.143. The molecule has 1 amide bonds. The van der Waals surface area contributed by atoms with Crippen molar-refractivity contribution in [2.45, 2.75) is 13.8 Å². The summed E-state index contributed by atoms with van der Waals surface area (Å²) in [6.45, 7) is 3.53. The third-order valence-electron chi connectivity index (χ3n) is 2.88. The first kappa shape index (κ1) is 15.4. The zero-order valence-corrected chi connectivity index (χ0v) is 13.1. The maximum atomic E-state index is 13.6. The van der Waals surface area contributed by atoms with Crippen LogP contribution in [0.5, 0.6) is 0 Å². The lowest BCUT2D eigenvalue weighted by atomic mass is 10.1. The van der Waals surface area contributed by atoms with Crippen LogP contribution in [0, 0.1) is 19.7 Å². The summed E-state index contributed by atoms with van der Waals surface area (Å²) in [6.07, 6.45) is 0. The average Bonchev–Trinajstić information content (AvgIpc) is 2.43. The Labute approximate surface area is 129 Å². The van der Waals surface area contributed by atoms with Crippen LogP contribution in [0.4, 0.5) is 15.9 Å². The van der Waals surface area contributed by atoms with Gasteiger partial charge in [0, 0.05) is 16.9 Å². The van der Waals surface area contributed by atoms with Crippen molar-refractivity contribution in [3.63, 3.8) is 0 Å². The number of aromatic nitrogens is 1. The van der Waals surface area contributed by atoms with Crippen LogP contribution in [0.2, 0.25) is 0 Å². The summed E-state index contributed by atoms with van der Waals surface area (Å²) in [5.41, 5.74) is 4.60. The highest BCUT2D eigenvalue weighted by molar-refractivity contribution is 9.10. The quantitative estimate of drug-likeness (QED) is 0.585. The molecule has 0 fully saturated rings. The van der Waals surface area contributed by atoms with Crippen molar-refractivity contribution in [2.75, 3.05) is 10.7 Å². The number of nitrogens with zero attached hydrogens (tertiary/aromatic N) is 1. The molecule has 0 unspecified atom stereocenters. The number of nitrogens with two attached hydrogens (primary N) is 1. The Bertz CT molecular complexity index is 706. The van der Waals surface area contributed by atoms with E-state index in [1.165, 1.54) is 12.1 Å². The molecule has 0 spiro atoms. The summed E-state index contributed by atoms with van der Waals surface area (Å²) in [7, 11) is 0. The predicted molar refractivity (Wildman–Crippen MR) is 83.6 cm³/mol. The molecule has 0 atom stereocenters. The number of benzene rings is 1. The van der Waals surface area contributed by atoms with Crippen LogP contribution >= 0.6 is 15.9 Å². The molecule has 21 heavy (non-hydrogen) atoms. The average molecular weight is 353 g/mol. The van der Waals surface area contributed by atoms with Crippen molar-refractivity contribution < 1.29 is 9.18 Å². The van der Waals surface area contributed by atoms with Gasteiger partial charge >= 0.3 is 0 Å². The molecule has 0 aliphatic carbocycles. The van der Waals surface area contributed by atoms with Gasteiger partial charge in [-0.05, 0) is 59.6 Å². The molecular formula is C14H14BrFN4O. The van der Waals surface area contributed by atoms with E-state index in [-0.39, 0.29) is 5.91 Å². The van der Waals surface area contributed by atoms with Gasteiger partial charge in [0.05, 0.1) is 4.47 Å². The van der Waals surface area contributed by atoms with Crippen LogP contribution in [-0.2, 0) is 0 Å². The van der Waals surface area contributed by atoms with Crippen LogP contribution in [-0.4, -0.2) is 10.9 Å². The molecule has 1 heterocycles. The van der Waals surface area contributed by atoms with E-state index in [4.69, 9.17) is 5.84 Å². The van der Waals surface area contributed by atoms with Gasteiger partial charge in [0.25, 0.3) is 5.91 Å². The van der Waals surface area contributed by atoms with Gasteiger partial charge in [0.1, 0.15) is 11.6 Å². The van der Waals surface area contributed by atoms with E-state index < -0.39 is 5.82 Å². The molecular weight excluding hydrogens is 339 g/mol. The van der Waals surface area contributed by atoms with Gasteiger partial charge in [0.2, 0.25) is 0 Å². The zero-order chi connectivity index (χ0) is 15.6. The van der Waals surface area contributed by atoms with Crippen LogP contribution in [0.1, 0.15) is 21.6 Å². The van der Waals surface area contributed by atoms with Crippen molar-refractivity contribution in [2.24, 2.45) is 5.84 Å². The van der Waals surface area contributed by atoms with Gasteiger partial charge in [-0.1, -0.05) is 0 Å². The highest BCUT2D eigenvalue weighted by Crippen LogP contribution is 2.24. The Morgan fingerprint density at radius 2 is 2.00 bits per heavy atom. The number of hydrogen-bond acceptors (Lipinski definition) is 4. The second-order valence-electron chi connectivity index (χ2n) is 4.56. The molecule has 0 radical (unpaired) electrons. The lowest BCUT2D eigenvalue weighted by molar-refractivity contribution is 0.102. The van der Waals surface area contributed by atoms with Gasteiger partial charge in [0.15, 0.2) is 0 Å². The summed E-state index contributed by atoms with van der Waals surface area (Å²) in [5, 5.41) is 2.68. The standard InChI is InChI=1S/C14H14BrFN4O/c1-7-3-10(15)11(16)6-12(7)19-14(21)9-4-8(2)18-13(5-9)20-17/h3-6H,17H2,1-2H3,(H,18,20)(H,19,21). The predicted octanol–water partition coefficient (Wildman–Crippen LogP) is 3.14. The first-order valence-corrected chi connectivity index (χ1v) is 6.92. The fourth-order valence-corrected chi connectivity index (χ4v) is 2.31. The Kier molecular flexibility index (Phi) is 4.54. The topological polar surface area (TPSA) is 80.0 Å². The number of hydrazine groups is 1. The molecule has 0 saturated heterocycles. The number of halogens is 2. The fourth-order valence-electron chi connectivity index (χ4n) is 1.85. The maximum absolute atomic E-state index is 13.6. The van der Waals surface area contributed by atoms with E-state index in [1.54, 1.807) is 26.0 Å². The monoisotopic (exact) mass is 352 g/mol. The number of aryl methyl sites for hydroxylation is 2. The summed E-state index contributed by atoms with van der Waals surface area (Å²) in [6, 6.07) is 6.02. The number of pyridine rings is 1. The number of nitrogens with one attached hydrogen (secondary N) is 2. The molecule has 1 aromatic heterocycles. The van der Waals surface area contributed by atoms with Crippen molar-refractivity contribution in [1.82, 2.24) is 4.98 Å². The molecule has 2 rings (SSSR count). The molecule has 110 valence electrons. The second-order valence-corrected chi connectivity index (χ2v) is 5.42. The van der Waals surface area contributed by atoms with E-state index in [0.717, 1.165) is 5.56 Å². The first-order valence-electron chi connectivity index (χ1n) is 6.13. The lowest BCUT2D eigenvalue weighted by Crippen LogP contribution is -2.15. The van der Waals surface area contributed by atoms with Gasteiger partial charge in [-0.3, -0.25) is 4.79 Å². The molecule has 0 aliphatic rings. The number of rotatable bonds is 3. The highest BCUT2D eigenvalue weighted by atomic mass is 79.9. The maximum Gasteiger partial charge on any atom is 0.255 e. The molecule has 5 nitrogen and oxygen atoms in total. The molecule has 7 heteroatoms. The largest absolute Gasteiger partial charge is 0.322 e. The minimum Gasteiger partial charge on any atom is -0.322 e. The van der Waals surface area contributed by atoms with E-state index in [2.05, 4.69) is 31.7 Å². The van der Waals surface area contributed by atoms with Crippen LogP contribution < -0.4 is 16.6 Å². The number of carbonyl (C=O) groups is 1. The molecule has 0 saturated carbocycles. The van der Waals surface area contributed by atoms with Crippen molar-refractivity contribution in [3.05, 3.63) is 51.4 Å². The SMILES string of the molecule is Cc1cc(C(=O)Nc2cc(F)c(Br)cc2C)cc(NN)n1. The van der Waals surface area contributed by atoms with Crippen LogP contribution in [0.15, 0.2) is 28.7 Å². The Morgan fingerprint density at radius 3 is 2.67 bits per heavy atom. The van der Waals surface area contributed by atoms with Crippen molar-refractivity contribution in [3.8, 4) is 0 Å². The minimum atomic E-state index is -0.439. The van der Waals surface area contributed by atoms with Gasteiger partial charge < -0.3 is 10.7 Å². The van der Waals surface area contributed by atoms with E-state index in [9.17, 15) is 9.18 Å². The minimum absolute atomic E-state index is 0.354. The number of amides is 1. The third-order valence-corrected chi connectivity index (χ3v) is 3.49. The Balaban J connectivity index is 2.30. The van der Waals surface area contributed by atoms with E-state index in [1.807, 2.05) is 0 Å². The molecule has 2 aromatic rings. The van der Waals surface area contributed by atoms with Gasteiger partial charge in [-0.2, -0.15) is 0 Å². The molecule has 1 aromatic carbocycles. The molecule has 0 bridgehead atoms. The lowest BCUT2D eigenvalue weighted by Gasteiger charge is -2.11. The van der Waals surface area contributed by atoms with Gasteiger partial charge in [-0.25, -0.2) is 15.2 Å². The zero-order valence-electron chi connectivity index (χ0n) is 11.5. The van der Waals surface area contributed by atoms with E-state index >= 15 is 0 Å². The van der Waals surface area contributed by atoms with E-state index in [0.29, 0.717) is 27.2 Å². The van der Waals surface area contributed by atoms with Crippen LogP contribution in [0.25, 0.3) is 0 Å². The van der Waals surface area contributed by atoms with Crippen molar-refractivity contribution >= 4 is 33.3 Å². The number of carbonyl (C=O) groups excluding carboxylic acids is 1. The molecule has 4 N–H and O–H groups in total. The molecule has 0 aliphatic heterocycles. The Hall–Kier alpha value is -1.99. The number of nitrogen functional groups attached to an aromatic ring is 1. The summed E-state index contributed by atoms with van der Waals surface area (Å²) < 4.78 is 13.9.